The van der Waals surface area contributed by atoms with Crippen molar-refractivity contribution in [2.24, 2.45) is 0 Å². The van der Waals surface area contributed by atoms with Crippen LogP contribution in [0.1, 0.15) is 52.8 Å². The molecule has 1 N–H and O–H groups in total. The number of thioether (sulfide) groups is 1. The number of carbonyl (C=O) groups is 2. The molecule has 0 spiro atoms. The average Bonchev–Trinajstić information content (AvgIpc) is 3.53. The summed E-state index contributed by atoms with van der Waals surface area (Å²) >= 11 is 2.58. The van der Waals surface area contributed by atoms with Gasteiger partial charge in [-0.2, -0.15) is 0 Å². The monoisotopic (exact) mass is 564 g/mol. The molecule has 0 bridgehead atoms. The maximum absolute atomic E-state index is 12.9. The van der Waals surface area contributed by atoms with Crippen LogP contribution in [0, 0.1) is 20.8 Å². The summed E-state index contributed by atoms with van der Waals surface area (Å²) in [5.74, 6) is 0.805. The highest BCUT2D eigenvalue weighted by molar-refractivity contribution is 7.99. The maximum atomic E-state index is 12.9. The second-order valence-electron chi connectivity index (χ2n) is 9.14. The number of thiophene rings is 1. The molecule has 4 rings (SSSR count). The average molecular weight is 565 g/mol. The molecular weight excluding hydrogens is 532 g/mol. The van der Waals surface area contributed by atoms with Gasteiger partial charge in [0.25, 0.3) is 0 Å². The molecule has 204 valence electrons. The minimum absolute atomic E-state index is 0.100. The van der Waals surface area contributed by atoms with E-state index in [1.54, 1.807) is 0 Å². The number of rotatable bonds is 10. The SMILES string of the molecule is CCn1c(SCC(=O)Nc2scc(-c3ccc(C)cc3)c2C(=O)OC)nnc1C(C)Oc1ccc(C)c(C)c1. The van der Waals surface area contributed by atoms with Gasteiger partial charge in [-0.3, -0.25) is 4.79 Å². The first-order chi connectivity index (χ1) is 18.7. The molecule has 0 saturated heterocycles. The fraction of sp³-hybridized carbons (Fsp3) is 0.310. The van der Waals surface area contributed by atoms with Crippen LogP contribution in [0.2, 0.25) is 0 Å². The first kappa shape index (κ1) is 28.4. The van der Waals surface area contributed by atoms with Gasteiger partial charge < -0.3 is 19.4 Å². The van der Waals surface area contributed by atoms with E-state index < -0.39 is 5.97 Å². The molecule has 0 aliphatic carbocycles. The molecule has 1 amide bonds. The predicted octanol–water partition coefficient (Wildman–Crippen LogP) is 6.61. The Bertz CT molecular complexity index is 1480. The largest absolute Gasteiger partial charge is 0.483 e. The van der Waals surface area contributed by atoms with Crippen LogP contribution in [0.3, 0.4) is 0 Å². The van der Waals surface area contributed by atoms with Crippen LogP contribution >= 0.6 is 23.1 Å². The minimum Gasteiger partial charge on any atom is -0.483 e. The summed E-state index contributed by atoms with van der Waals surface area (Å²) in [4.78, 5) is 25.5. The summed E-state index contributed by atoms with van der Waals surface area (Å²) in [6.45, 7) is 10.7. The molecule has 0 saturated carbocycles. The zero-order valence-corrected chi connectivity index (χ0v) is 24.5. The topological polar surface area (TPSA) is 95.3 Å². The molecule has 0 aliphatic heterocycles. The summed E-state index contributed by atoms with van der Waals surface area (Å²) in [7, 11) is 1.33. The zero-order chi connectivity index (χ0) is 28.1. The molecule has 2 heterocycles. The van der Waals surface area contributed by atoms with Gasteiger partial charge in [-0.05, 0) is 63.4 Å². The summed E-state index contributed by atoms with van der Waals surface area (Å²) < 4.78 is 13.1. The number of benzene rings is 2. The Labute approximate surface area is 236 Å². The third-order valence-corrected chi connectivity index (χ3v) is 8.21. The van der Waals surface area contributed by atoms with Crippen LogP contribution in [0.5, 0.6) is 5.75 Å². The second kappa shape index (κ2) is 12.5. The lowest BCUT2D eigenvalue weighted by Gasteiger charge is -2.16. The number of esters is 1. The van der Waals surface area contributed by atoms with E-state index in [9.17, 15) is 9.59 Å². The van der Waals surface area contributed by atoms with Gasteiger partial charge in [0.15, 0.2) is 17.1 Å². The van der Waals surface area contributed by atoms with Crippen molar-refractivity contribution in [2.45, 2.75) is 52.4 Å². The van der Waals surface area contributed by atoms with Gasteiger partial charge in [-0.15, -0.1) is 21.5 Å². The first-order valence-electron chi connectivity index (χ1n) is 12.6. The molecule has 0 radical (unpaired) electrons. The predicted molar refractivity (Wildman–Crippen MR) is 156 cm³/mol. The van der Waals surface area contributed by atoms with E-state index in [1.165, 1.54) is 35.8 Å². The number of aromatic nitrogens is 3. The Balaban J connectivity index is 1.45. The normalized spacial score (nSPS) is 11.7. The van der Waals surface area contributed by atoms with Crippen LogP contribution in [0.15, 0.2) is 53.0 Å². The molecule has 39 heavy (non-hydrogen) atoms. The van der Waals surface area contributed by atoms with Gasteiger partial charge in [-0.1, -0.05) is 47.7 Å². The lowest BCUT2D eigenvalue weighted by Crippen LogP contribution is -2.17. The van der Waals surface area contributed by atoms with E-state index in [0.717, 1.165) is 28.0 Å². The Morgan fingerprint density at radius 2 is 1.82 bits per heavy atom. The molecule has 10 heteroatoms. The summed E-state index contributed by atoms with van der Waals surface area (Å²) in [5.41, 5.74) is 5.44. The maximum Gasteiger partial charge on any atom is 0.341 e. The van der Waals surface area contributed by atoms with E-state index in [1.807, 2.05) is 73.2 Å². The quantitative estimate of drug-likeness (QED) is 0.171. The third-order valence-electron chi connectivity index (χ3n) is 6.34. The van der Waals surface area contributed by atoms with E-state index in [-0.39, 0.29) is 17.8 Å². The molecule has 4 aromatic rings. The van der Waals surface area contributed by atoms with E-state index in [4.69, 9.17) is 9.47 Å². The second-order valence-corrected chi connectivity index (χ2v) is 11.0. The molecule has 1 unspecified atom stereocenters. The number of hydrogen-bond donors (Lipinski definition) is 1. The summed E-state index contributed by atoms with van der Waals surface area (Å²) in [5, 5.41) is 14.5. The fourth-order valence-electron chi connectivity index (χ4n) is 4.04. The highest BCUT2D eigenvalue weighted by Crippen LogP contribution is 2.36. The van der Waals surface area contributed by atoms with Gasteiger partial charge in [0.2, 0.25) is 5.91 Å². The minimum atomic E-state index is -0.497. The number of nitrogens with zero attached hydrogens (tertiary/aromatic N) is 3. The molecule has 1 atom stereocenters. The smallest absolute Gasteiger partial charge is 0.341 e. The number of amides is 1. The van der Waals surface area contributed by atoms with E-state index in [0.29, 0.717) is 28.1 Å². The highest BCUT2D eigenvalue weighted by Gasteiger charge is 2.23. The lowest BCUT2D eigenvalue weighted by atomic mass is 10.0. The van der Waals surface area contributed by atoms with Crippen LogP contribution in [-0.2, 0) is 16.1 Å². The number of nitrogens with one attached hydrogen (secondary N) is 1. The molecule has 8 nitrogen and oxygen atoms in total. The third kappa shape index (κ3) is 6.51. The molecular formula is C29H32N4O4S2. The fourth-order valence-corrected chi connectivity index (χ4v) is 5.82. The van der Waals surface area contributed by atoms with Gasteiger partial charge in [0.1, 0.15) is 16.3 Å². The number of aryl methyl sites for hydroxylation is 3. The Morgan fingerprint density at radius 1 is 1.08 bits per heavy atom. The Morgan fingerprint density at radius 3 is 2.49 bits per heavy atom. The lowest BCUT2D eigenvalue weighted by molar-refractivity contribution is -0.113. The number of ether oxygens (including phenoxy) is 2. The molecule has 2 aromatic heterocycles. The van der Waals surface area contributed by atoms with Gasteiger partial charge >= 0.3 is 5.97 Å². The zero-order valence-electron chi connectivity index (χ0n) is 22.9. The van der Waals surface area contributed by atoms with Crippen LogP contribution in [0.4, 0.5) is 5.00 Å². The first-order valence-corrected chi connectivity index (χ1v) is 14.4. The standard InChI is InChI=1S/C29H32N4O4S2/c1-7-33-26(20(5)37-22-13-10-18(3)19(4)14-22)31-32-29(33)39-16-24(34)30-27-25(28(35)36-6)23(15-38-27)21-11-8-17(2)9-12-21/h8-15,20H,7,16H2,1-6H3,(H,30,34). The summed E-state index contributed by atoms with van der Waals surface area (Å²) in [6, 6.07) is 13.9. The van der Waals surface area contributed by atoms with Gasteiger partial charge in [0, 0.05) is 17.5 Å². The van der Waals surface area contributed by atoms with Crippen molar-refractivity contribution < 1.29 is 19.1 Å². The van der Waals surface area contributed by atoms with Gasteiger partial charge in [0.05, 0.1) is 12.9 Å². The van der Waals surface area contributed by atoms with Crippen LogP contribution in [-0.4, -0.2) is 39.5 Å². The van der Waals surface area contributed by atoms with Crippen molar-refractivity contribution in [2.75, 3.05) is 18.2 Å². The van der Waals surface area contributed by atoms with Crippen molar-refractivity contribution in [1.29, 1.82) is 0 Å². The number of hydrogen-bond acceptors (Lipinski definition) is 8. The number of anilines is 1. The van der Waals surface area contributed by atoms with E-state index >= 15 is 0 Å². The summed E-state index contributed by atoms with van der Waals surface area (Å²) in [6.07, 6.45) is -0.323. The highest BCUT2D eigenvalue weighted by atomic mass is 32.2. The Hall–Kier alpha value is -3.63. The Kier molecular flexibility index (Phi) is 9.08. The molecule has 2 aromatic carbocycles. The number of methoxy groups -OCH3 is 1. The molecule has 0 fully saturated rings. The van der Waals surface area contributed by atoms with Crippen molar-refractivity contribution >= 4 is 40.0 Å². The van der Waals surface area contributed by atoms with Gasteiger partial charge in [-0.25, -0.2) is 4.79 Å². The van der Waals surface area contributed by atoms with Crippen LogP contribution in [0.25, 0.3) is 11.1 Å². The van der Waals surface area contributed by atoms with Crippen molar-refractivity contribution in [1.82, 2.24) is 14.8 Å². The van der Waals surface area contributed by atoms with E-state index in [2.05, 4.69) is 29.4 Å². The van der Waals surface area contributed by atoms with Crippen molar-refractivity contribution in [3.63, 3.8) is 0 Å². The van der Waals surface area contributed by atoms with Crippen LogP contribution < -0.4 is 10.1 Å². The van der Waals surface area contributed by atoms with Crippen molar-refractivity contribution in [3.8, 4) is 16.9 Å². The van der Waals surface area contributed by atoms with Crippen molar-refractivity contribution in [3.05, 3.63) is 75.9 Å². The number of carbonyl (C=O) groups excluding carboxylic acids is 2. The molecule has 0 aliphatic rings.